The zero-order valence-electron chi connectivity index (χ0n) is 11.5. The SMILES string of the molecule is CC(C)(C)OC(=O)Nc1c(O)ccc2ccc(Br)cc12. The van der Waals surface area contributed by atoms with Gasteiger partial charge < -0.3 is 9.84 Å². The van der Waals surface area contributed by atoms with E-state index in [2.05, 4.69) is 21.2 Å². The van der Waals surface area contributed by atoms with Crippen molar-refractivity contribution in [3.8, 4) is 5.75 Å². The number of carbonyl (C=O) groups excluding carboxylic acids is 1. The number of benzene rings is 2. The summed E-state index contributed by atoms with van der Waals surface area (Å²) in [6.45, 7) is 5.35. The molecule has 4 nitrogen and oxygen atoms in total. The predicted molar refractivity (Wildman–Crippen MR) is 83.2 cm³/mol. The lowest BCUT2D eigenvalue weighted by Gasteiger charge is -2.20. The monoisotopic (exact) mass is 337 g/mol. The second-order valence-electron chi connectivity index (χ2n) is 5.45. The van der Waals surface area contributed by atoms with Crippen molar-refractivity contribution in [1.82, 2.24) is 0 Å². The van der Waals surface area contributed by atoms with Gasteiger partial charge in [-0.15, -0.1) is 0 Å². The highest BCUT2D eigenvalue weighted by Crippen LogP contribution is 2.34. The summed E-state index contributed by atoms with van der Waals surface area (Å²) in [6, 6.07) is 8.97. The molecule has 0 radical (unpaired) electrons. The maximum absolute atomic E-state index is 11.9. The Morgan fingerprint density at radius 3 is 2.55 bits per heavy atom. The van der Waals surface area contributed by atoms with Gasteiger partial charge in [-0.2, -0.15) is 0 Å². The zero-order valence-corrected chi connectivity index (χ0v) is 13.1. The molecular weight excluding hydrogens is 322 g/mol. The van der Waals surface area contributed by atoms with E-state index in [-0.39, 0.29) is 5.75 Å². The van der Waals surface area contributed by atoms with Gasteiger partial charge in [-0.05, 0) is 44.4 Å². The first-order valence-electron chi connectivity index (χ1n) is 6.17. The van der Waals surface area contributed by atoms with E-state index in [0.717, 1.165) is 15.2 Å². The number of anilines is 1. The van der Waals surface area contributed by atoms with Gasteiger partial charge in [0, 0.05) is 9.86 Å². The van der Waals surface area contributed by atoms with Gasteiger partial charge in [-0.25, -0.2) is 4.79 Å². The number of rotatable bonds is 1. The van der Waals surface area contributed by atoms with Crippen LogP contribution in [-0.4, -0.2) is 16.8 Å². The maximum atomic E-state index is 11.9. The molecule has 0 aromatic heterocycles. The number of hydrogen-bond acceptors (Lipinski definition) is 3. The molecule has 0 spiro atoms. The number of amides is 1. The third kappa shape index (κ3) is 3.42. The average Bonchev–Trinajstić information content (AvgIpc) is 2.31. The summed E-state index contributed by atoms with van der Waals surface area (Å²) in [4.78, 5) is 11.9. The van der Waals surface area contributed by atoms with Crippen molar-refractivity contribution in [1.29, 1.82) is 0 Å². The summed E-state index contributed by atoms with van der Waals surface area (Å²) in [6.07, 6.45) is -0.597. The molecule has 20 heavy (non-hydrogen) atoms. The molecule has 0 saturated carbocycles. The summed E-state index contributed by atoms with van der Waals surface area (Å²) in [5, 5.41) is 14.2. The van der Waals surface area contributed by atoms with Crippen LogP contribution in [0, 0.1) is 0 Å². The Labute approximate surface area is 125 Å². The normalized spacial score (nSPS) is 11.4. The number of aromatic hydroxyl groups is 1. The standard InChI is InChI=1S/C15H16BrNO3/c1-15(2,3)20-14(19)17-13-11-8-10(16)6-4-9(11)5-7-12(13)18/h4-8,18H,1-3H3,(H,17,19). The van der Waals surface area contributed by atoms with Crippen LogP contribution in [-0.2, 0) is 4.74 Å². The number of hydrogen-bond donors (Lipinski definition) is 2. The molecule has 2 N–H and O–H groups in total. The van der Waals surface area contributed by atoms with Gasteiger partial charge in [0.25, 0.3) is 0 Å². The molecule has 0 aliphatic heterocycles. The molecule has 0 heterocycles. The fraction of sp³-hybridized carbons (Fsp3) is 0.267. The Kier molecular flexibility index (Phi) is 3.90. The van der Waals surface area contributed by atoms with E-state index in [1.807, 2.05) is 18.2 Å². The molecule has 2 rings (SSSR count). The fourth-order valence-corrected chi connectivity index (χ4v) is 2.18. The molecule has 5 heteroatoms. The highest BCUT2D eigenvalue weighted by atomic mass is 79.9. The van der Waals surface area contributed by atoms with Gasteiger partial charge in [-0.3, -0.25) is 5.32 Å². The van der Waals surface area contributed by atoms with Crippen molar-refractivity contribution in [2.75, 3.05) is 5.32 Å². The van der Waals surface area contributed by atoms with Crippen LogP contribution in [0.25, 0.3) is 10.8 Å². The van der Waals surface area contributed by atoms with Gasteiger partial charge in [0.15, 0.2) is 0 Å². The summed E-state index contributed by atoms with van der Waals surface area (Å²) >= 11 is 3.38. The van der Waals surface area contributed by atoms with E-state index < -0.39 is 11.7 Å². The highest BCUT2D eigenvalue weighted by molar-refractivity contribution is 9.10. The maximum Gasteiger partial charge on any atom is 0.412 e. The van der Waals surface area contributed by atoms with Crippen LogP contribution >= 0.6 is 15.9 Å². The van der Waals surface area contributed by atoms with Gasteiger partial charge in [0.05, 0.1) is 5.69 Å². The molecule has 2 aromatic carbocycles. The van der Waals surface area contributed by atoms with E-state index >= 15 is 0 Å². The number of phenols is 1. The third-order valence-corrected chi connectivity index (χ3v) is 3.08. The number of carbonyl (C=O) groups is 1. The number of fused-ring (bicyclic) bond motifs is 1. The summed E-state index contributed by atoms with van der Waals surface area (Å²) in [5.41, 5.74) is -0.247. The Morgan fingerprint density at radius 1 is 1.25 bits per heavy atom. The quantitative estimate of drug-likeness (QED) is 0.744. The second-order valence-corrected chi connectivity index (χ2v) is 6.37. The van der Waals surface area contributed by atoms with Gasteiger partial charge >= 0.3 is 6.09 Å². The van der Waals surface area contributed by atoms with Crippen LogP contribution in [0.2, 0.25) is 0 Å². The van der Waals surface area contributed by atoms with Crippen LogP contribution in [0.1, 0.15) is 20.8 Å². The predicted octanol–water partition coefficient (Wildman–Crippen LogP) is 4.65. The smallest absolute Gasteiger partial charge is 0.412 e. The molecule has 1 amide bonds. The van der Waals surface area contributed by atoms with Crippen LogP contribution in [0.15, 0.2) is 34.8 Å². The Balaban J connectivity index is 2.40. The van der Waals surface area contributed by atoms with E-state index in [1.54, 1.807) is 32.9 Å². The van der Waals surface area contributed by atoms with Crippen molar-refractivity contribution in [3.63, 3.8) is 0 Å². The minimum Gasteiger partial charge on any atom is -0.506 e. The fourth-order valence-electron chi connectivity index (χ4n) is 1.82. The molecule has 2 aromatic rings. The van der Waals surface area contributed by atoms with Crippen molar-refractivity contribution >= 4 is 38.5 Å². The number of nitrogens with one attached hydrogen (secondary N) is 1. The molecule has 0 unspecified atom stereocenters. The Bertz CT molecular complexity index is 657. The first-order valence-corrected chi connectivity index (χ1v) is 6.97. The van der Waals surface area contributed by atoms with E-state index in [1.165, 1.54) is 0 Å². The minimum atomic E-state index is -0.597. The lowest BCUT2D eigenvalue weighted by molar-refractivity contribution is 0.0635. The van der Waals surface area contributed by atoms with Crippen molar-refractivity contribution in [3.05, 3.63) is 34.8 Å². The van der Waals surface area contributed by atoms with E-state index in [4.69, 9.17) is 4.74 Å². The summed E-state index contributed by atoms with van der Waals surface area (Å²) < 4.78 is 6.07. The van der Waals surface area contributed by atoms with Gasteiger partial charge in [-0.1, -0.05) is 28.1 Å². The van der Waals surface area contributed by atoms with Crippen LogP contribution in [0.3, 0.4) is 0 Å². The molecule has 106 valence electrons. The molecular formula is C15H16BrNO3. The number of halogens is 1. The van der Waals surface area contributed by atoms with Crippen molar-refractivity contribution in [2.45, 2.75) is 26.4 Å². The van der Waals surface area contributed by atoms with Crippen LogP contribution < -0.4 is 5.32 Å². The largest absolute Gasteiger partial charge is 0.506 e. The molecule has 0 fully saturated rings. The number of ether oxygens (including phenoxy) is 1. The van der Waals surface area contributed by atoms with E-state index in [0.29, 0.717) is 5.69 Å². The van der Waals surface area contributed by atoms with Crippen LogP contribution in [0.4, 0.5) is 10.5 Å². The molecule has 0 aliphatic carbocycles. The topological polar surface area (TPSA) is 58.6 Å². The van der Waals surface area contributed by atoms with Gasteiger partial charge in [0.1, 0.15) is 11.4 Å². The van der Waals surface area contributed by atoms with Crippen LogP contribution in [0.5, 0.6) is 5.75 Å². The molecule has 0 atom stereocenters. The first-order chi connectivity index (χ1) is 9.26. The molecule has 0 saturated heterocycles. The Hall–Kier alpha value is -1.75. The third-order valence-electron chi connectivity index (χ3n) is 2.59. The lowest BCUT2D eigenvalue weighted by Crippen LogP contribution is -2.27. The van der Waals surface area contributed by atoms with Gasteiger partial charge in [0.2, 0.25) is 0 Å². The summed E-state index contributed by atoms with van der Waals surface area (Å²) in [5.74, 6) is 0.00135. The summed E-state index contributed by atoms with van der Waals surface area (Å²) in [7, 11) is 0. The average molecular weight is 338 g/mol. The number of phenolic OH excluding ortho intramolecular Hbond substituents is 1. The zero-order chi connectivity index (χ0) is 14.9. The lowest BCUT2D eigenvalue weighted by atomic mass is 10.1. The minimum absolute atomic E-state index is 0.00135. The molecule has 0 bridgehead atoms. The second kappa shape index (κ2) is 5.32. The van der Waals surface area contributed by atoms with Crippen molar-refractivity contribution < 1.29 is 14.6 Å². The highest BCUT2D eigenvalue weighted by Gasteiger charge is 2.18. The molecule has 0 aliphatic rings. The van der Waals surface area contributed by atoms with E-state index in [9.17, 15) is 9.90 Å². The first kappa shape index (κ1) is 14.7. The van der Waals surface area contributed by atoms with Crippen molar-refractivity contribution in [2.24, 2.45) is 0 Å². The Morgan fingerprint density at radius 2 is 1.90 bits per heavy atom.